The largest absolute Gasteiger partial charge is 0.493 e. The fourth-order valence-corrected chi connectivity index (χ4v) is 5.68. The van der Waals surface area contributed by atoms with Gasteiger partial charge >= 0.3 is 0 Å². The Kier molecular flexibility index (Phi) is 6.46. The molecule has 1 aliphatic heterocycles. The summed E-state index contributed by atoms with van der Waals surface area (Å²) in [5.41, 5.74) is 0.708. The molecule has 0 atom stereocenters. The van der Waals surface area contributed by atoms with Crippen LogP contribution in [0.2, 0.25) is 0 Å². The van der Waals surface area contributed by atoms with E-state index in [1.807, 2.05) is 0 Å². The number of thiophene rings is 1. The fourth-order valence-electron chi connectivity index (χ4n) is 2.52. The zero-order valence-corrected chi connectivity index (χ0v) is 18.1. The molecule has 2 aromatic rings. The molecule has 7 nitrogen and oxygen atoms in total. The van der Waals surface area contributed by atoms with Gasteiger partial charge in [0.15, 0.2) is 16.7 Å². The molecule has 0 bridgehead atoms. The first kappa shape index (κ1) is 21.2. The molecule has 1 fully saturated rings. The number of thioether (sulfide) groups is 1. The van der Waals surface area contributed by atoms with Crippen molar-refractivity contribution in [2.75, 3.05) is 20.8 Å². The number of methoxy groups -OCH3 is 2. The molecule has 0 spiro atoms. The normalized spacial score (nSPS) is 17.2. The summed E-state index contributed by atoms with van der Waals surface area (Å²) in [7, 11) is -0.835. The highest BCUT2D eigenvalue weighted by atomic mass is 32.2. The monoisotopic (exact) mass is 450 g/mol. The van der Waals surface area contributed by atoms with E-state index >= 15 is 0 Å². The van der Waals surface area contributed by atoms with Crippen molar-refractivity contribution in [2.45, 2.75) is 4.21 Å². The Bertz CT molecular complexity index is 1090. The van der Waals surface area contributed by atoms with Crippen molar-refractivity contribution in [3.05, 3.63) is 58.8 Å². The van der Waals surface area contributed by atoms with E-state index < -0.39 is 10.0 Å². The second-order valence-corrected chi connectivity index (χ2v) is 9.50. The maximum atomic E-state index is 12.8. The van der Waals surface area contributed by atoms with Gasteiger partial charge in [-0.1, -0.05) is 18.2 Å². The second kappa shape index (κ2) is 8.85. The second-order valence-electron chi connectivity index (χ2n) is 5.71. The Morgan fingerprint density at radius 3 is 2.59 bits per heavy atom. The summed E-state index contributed by atoms with van der Waals surface area (Å²) in [6.45, 7) is 3.78. The molecule has 152 valence electrons. The summed E-state index contributed by atoms with van der Waals surface area (Å²) in [5, 5.41) is 1.75. The number of ether oxygens (including phenoxy) is 2. The topological polar surface area (TPSA) is 85.3 Å². The van der Waals surface area contributed by atoms with E-state index in [1.165, 1.54) is 31.3 Å². The maximum Gasteiger partial charge on any atom is 0.294 e. The summed E-state index contributed by atoms with van der Waals surface area (Å²) in [6.07, 6.45) is 3.18. The van der Waals surface area contributed by atoms with Crippen LogP contribution in [0, 0.1) is 0 Å². The lowest BCUT2D eigenvalue weighted by atomic mass is 10.2. The van der Waals surface area contributed by atoms with E-state index in [0.29, 0.717) is 22.0 Å². The lowest BCUT2D eigenvalue weighted by Gasteiger charge is -2.12. The van der Waals surface area contributed by atoms with Crippen LogP contribution in [-0.4, -0.2) is 45.2 Å². The molecule has 1 aromatic heterocycles. The van der Waals surface area contributed by atoms with Crippen molar-refractivity contribution in [1.29, 1.82) is 0 Å². The molecule has 0 N–H and O–H groups in total. The van der Waals surface area contributed by atoms with E-state index in [0.717, 1.165) is 23.1 Å². The molecule has 0 aliphatic carbocycles. The molecule has 1 amide bonds. The van der Waals surface area contributed by atoms with Gasteiger partial charge in [-0.15, -0.1) is 22.3 Å². The van der Waals surface area contributed by atoms with Crippen molar-refractivity contribution in [2.24, 2.45) is 4.40 Å². The number of amides is 1. The standard InChI is InChI=1S/C19H18N2O5S3/c1-4-9-21-18(22)16(12-13-7-8-14(25-2)15(11-13)26-3)28-19(21)20-29(23,24)17-6-5-10-27-17/h4-8,10-12H,1,9H2,2-3H3/b16-12-,20-19?. The Hall–Kier alpha value is -2.56. The predicted octanol–water partition coefficient (Wildman–Crippen LogP) is 3.61. The molecule has 3 rings (SSSR count). The average molecular weight is 451 g/mol. The summed E-state index contributed by atoms with van der Waals surface area (Å²) < 4.78 is 39.5. The highest BCUT2D eigenvalue weighted by Crippen LogP contribution is 2.35. The molecule has 10 heteroatoms. The molecule has 0 radical (unpaired) electrons. The SMILES string of the molecule is C=CCN1C(=O)/C(=C/c2ccc(OC)c(OC)c2)SC1=NS(=O)(=O)c1cccs1. The first-order valence-corrected chi connectivity index (χ1v) is 11.5. The van der Waals surface area contributed by atoms with Crippen molar-refractivity contribution in [3.8, 4) is 11.5 Å². The first-order valence-electron chi connectivity index (χ1n) is 8.32. The van der Waals surface area contributed by atoms with Crippen LogP contribution in [-0.2, 0) is 14.8 Å². The quantitative estimate of drug-likeness (QED) is 0.473. The van der Waals surface area contributed by atoms with Crippen LogP contribution in [0.5, 0.6) is 11.5 Å². The molecule has 29 heavy (non-hydrogen) atoms. The third kappa shape index (κ3) is 4.55. The van der Waals surface area contributed by atoms with Crippen molar-refractivity contribution in [3.63, 3.8) is 0 Å². The van der Waals surface area contributed by atoms with Crippen LogP contribution in [0.4, 0.5) is 0 Å². The van der Waals surface area contributed by atoms with Crippen LogP contribution in [0.15, 0.2) is 61.9 Å². The summed E-state index contributed by atoms with van der Waals surface area (Å²) in [6, 6.07) is 8.35. The Morgan fingerprint density at radius 2 is 1.97 bits per heavy atom. The number of carbonyl (C=O) groups excluding carboxylic acids is 1. The molecule has 1 saturated heterocycles. The van der Waals surface area contributed by atoms with Gasteiger partial charge in [-0.25, -0.2) is 0 Å². The van der Waals surface area contributed by atoms with Crippen LogP contribution in [0.1, 0.15) is 5.56 Å². The molecule has 1 aromatic carbocycles. The van der Waals surface area contributed by atoms with Crippen LogP contribution >= 0.6 is 23.1 Å². The van der Waals surface area contributed by atoms with Crippen LogP contribution in [0.25, 0.3) is 6.08 Å². The lowest BCUT2D eigenvalue weighted by Crippen LogP contribution is -2.29. The van der Waals surface area contributed by atoms with Gasteiger partial charge in [0.2, 0.25) is 0 Å². The number of amidine groups is 1. The molecular weight excluding hydrogens is 432 g/mol. The van der Waals surface area contributed by atoms with Crippen molar-refractivity contribution >= 4 is 50.3 Å². The van der Waals surface area contributed by atoms with Gasteiger partial charge in [0.05, 0.1) is 19.1 Å². The van der Waals surface area contributed by atoms with Crippen LogP contribution < -0.4 is 9.47 Å². The lowest BCUT2D eigenvalue weighted by molar-refractivity contribution is -0.121. The average Bonchev–Trinajstić information content (AvgIpc) is 3.34. The molecule has 2 heterocycles. The number of benzene rings is 1. The number of nitrogens with zero attached hydrogens (tertiary/aromatic N) is 2. The minimum Gasteiger partial charge on any atom is -0.493 e. The minimum absolute atomic E-state index is 0.0926. The highest BCUT2D eigenvalue weighted by Gasteiger charge is 2.34. The smallest absolute Gasteiger partial charge is 0.294 e. The zero-order valence-electron chi connectivity index (χ0n) is 15.7. The first-order chi connectivity index (χ1) is 13.9. The van der Waals surface area contributed by atoms with Gasteiger partial charge in [-0.05, 0) is 47.0 Å². The van der Waals surface area contributed by atoms with Gasteiger partial charge in [0.25, 0.3) is 15.9 Å². The van der Waals surface area contributed by atoms with Crippen molar-refractivity contribution in [1.82, 2.24) is 4.90 Å². The minimum atomic E-state index is -3.90. The molecule has 1 aliphatic rings. The highest BCUT2D eigenvalue weighted by molar-refractivity contribution is 8.19. The maximum absolute atomic E-state index is 12.8. The van der Waals surface area contributed by atoms with E-state index in [4.69, 9.17) is 9.47 Å². The third-order valence-corrected chi connectivity index (χ3v) is 7.61. The summed E-state index contributed by atoms with van der Waals surface area (Å²) in [4.78, 5) is 14.5. The van der Waals surface area contributed by atoms with Gasteiger partial charge in [0, 0.05) is 6.54 Å². The van der Waals surface area contributed by atoms with Gasteiger partial charge in [-0.2, -0.15) is 8.42 Å². The third-order valence-electron chi connectivity index (χ3n) is 3.85. The van der Waals surface area contributed by atoms with Crippen molar-refractivity contribution < 1.29 is 22.7 Å². The zero-order chi connectivity index (χ0) is 21.0. The van der Waals surface area contributed by atoms with E-state index in [1.54, 1.807) is 35.7 Å². The van der Waals surface area contributed by atoms with E-state index in [2.05, 4.69) is 11.0 Å². The van der Waals surface area contributed by atoms with Gasteiger partial charge in [-0.3, -0.25) is 9.69 Å². The van der Waals surface area contributed by atoms with Gasteiger partial charge in [0.1, 0.15) is 4.21 Å². The summed E-state index contributed by atoms with van der Waals surface area (Å²) >= 11 is 2.07. The number of carbonyl (C=O) groups is 1. The number of rotatable bonds is 7. The summed E-state index contributed by atoms with van der Waals surface area (Å²) in [5.74, 6) is 0.747. The fraction of sp³-hybridized carbons (Fsp3) is 0.158. The molecular formula is C19H18N2O5S3. The number of sulfonamides is 1. The van der Waals surface area contributed by atoms with Crippen LogP contribution in [0.3, 0.4) is 0 Å². The van der Waals surface area contributed by atoms with E-state index in [-0.39, 0.29) is 21.8 Å². The number of hydrogen-bond acceptors (Lipinski definition) is 7. The molecule has 0 unspecified atom stereocenters. The predicted molar refractivity (Wildman–Crippen MR) is 116 cm³/mol. The Balaban J connectivity index is 1.98. The van der Waals surface area contributed by atoms with Gasteiger partial charge < -0.3 is 9.47 Å². The Morgan fingerprint density at radius 1 is 1.21 bits per heavy atom. The Labute approximate surface area is 177 Å². The number of hydrogen-bond donors (Lipinski definition) is 0. The molecule has 0 saturated carbocycles. The van der Waals surface area contributed by atoms with E-state index in [9.17, 15) is 13.2 Å².